The van der Waals surface area contributed by atoms with Crippen LogP contribution >= 0.6 is 0 Å². The number of fused-ring (bicyclic) bond motifs is 3. The average molecular weight is 429 g/mol. The maximum absolute atomic E-state index is 15.3. The molecular formula is C22H28FN5O3. The number of hydrogen-bond acceptors (Lipinski definition) is 5. The SMILES string of the molecule is CC(=O)N1CCC[C@H](Nc2cc3c(c(N)c2F)c(=O)c(C(N)=O)c2n3C(C)(C)CC2)C1. The van der Waals surface area contributed by atoms with Crippen molar-refractivity contribution in [2.75, 3.05) is 24.1 Å². The number of primary amides is 1. The molecule has 5 N–H and O–H groups in total. The van der Waals surface area contributed by atoms with Gasteiger partial charge in [-0.2, -0.15) is 0 Å². The summed E-state index contributed by atoms with van der Waals surface area (Å²) in [4.78, 5) is 38.7. The molecule has 1 aromatic carbocycles. The van der Waals surface area contributed by atoms with E-state index in [0.717, 1.165) is 12.8 Å². The molecule has 2 aliphatic heterocycles. The van der Waals surface area contributed by atoms with Gasteiger partial charge in [-0.15, -0.1) is 0 Å². The Bertz CT molecular complexity index is 1170. The van der Waals surface area contributed by atoms with Gasteiger partial charge in [0.15, 0.2) is 5.82 Å². The van der Waals surface area contributed by atoms with Crippen LogP contribution in [0.3, 0.4) is 0 Å². The number of piperidine rings is 1. The van der Waals surface area contributed by atoms with E-state index in [-0.39, 0.29) is 34.3 Å². The lowest BCUT2D eigenvalue weighted by Gasteiger charge is -2.33. The third-order valence-electron chi connectivity index (χ3n) is 6.58. The molecule has 31 heavy (non-hydrogen) atoms. The quantitative estimate of drug-likeness (QED) is 0.643. The van der Waals surface area contributed by atoms with Crippen molar-refractivity contribution in [2.45, 2.75) is 58.0 Å². The molecule has 9 heteroatoms. The highest BCUT2D eigenvalue weighted by Gasteiger charge is 2.36. The smallest absolute Gasteiger partial charge is 0.254 e. The van der Waals surface area contributed by atoms with Gasteiger partial charge in [0.25, 0.3) is 5.91 Å². The van der Waals surface area contributed by atoms with Gasteiger partial charge in [0.2, 0.25) is 11.3 Å². The average Bonchev–Trinajstić information content (AvgIpc) is 3.00. The number of aromatic nitrogens is 1. The summed E-state index contributed by atoms with van der Waals surface area (Å²) >= 11 is 0. The molecule has 1 atom stereocenters. The summed E-state index contributed by atoms with van der Waals surface area (Å²) < 4.78 is 17.2. The molecule has 1 fully saturated rings. The molecular weight excluding hydrogens is 401 g/mol. The maximum atomic E-state index is 15.3. The Morgan fingerprint density at radius 3 is 2.68 bits per heavy atom. The number of carbonyl (C=O) groups excluding carboxylic acids is 2. The van der Waals surface area contributed by atoms with Crippen molar-refractivity contribution in [3.63, 3.8) is 0 Å². The van der Waals surface area contributed by atoms with Crippen molar-refractivity contribution in [2.24, 2.45) is 5.73 Å². The van der Waals surface area contributed by atoms with E-state index < -0.39 is 22.7 Å². The van der Waals surface area contributed by atoms with Gasteiger partial charge in [0.05, 0.1) is 22.3 Å². The van der Waals surface area contributed by atoms with E-state index in [2.05, 4.69) is 5.32 Å². The minimum absolute atomic E-state index is 0.0184. The second-order valence-corrected chi connectivity index (χ2v) is 9.16. The van der Waals surface area contributed by atoms with Crippen molar-refractivity contribution in [3.8, 4) is 0 Å². The van der Waals surface area contributed by atoms with Crippen LogP contribution in [0.15, 0.2) is 10.9 Å². The molecule has 0 unspecified atom stereocenters. The van der Waals surface area contributed by atoms with E-state index in [1.807, 2.05) is 18.4 Å². The van der Waals surface area contributed by atoms with Crippen LogP contribution in [0.1, 0.15) is 56.1 Å². The predicted octanol–water partition coefficient (Wildman–Crippen LogP) is 1.93. The molecule has 1 saturated heterocycles. The number of hydrogen-bond donors (Lipinski definition) is 3. The van der Waals surface area contributed by atoms with Gasteiger partial charge in [-0.3, -0.25) is 14.4 Å². The number of halogens is 1. The third kappa shape index (κ3) is 3.32. The first-order chi connectivity index (χ1) is 14.5. The minimum atomic E-state index is -0.832. The zero-order chi connectivity index (χ0) is 22.7. The molecule has 0 radical (unpaired) electrons. The Morgan fingerprint density at radius 1 is 1.32 bits per heavy atom. The van der Waals surface area contributed by atoms with Crippen molar-refractivity contribution < 1.29 is 14.0 Å². The number of nitrogens with one attached hydrogen (secondary N) is 1. The number of nitrogens with two attached hydrogens (primary N) is 2. The van der Waals surface area contributed by atoms with Gasteiger partial charge in [0, 0.05) is 37.3 Å². The normalized spacial score (nSPS) is 20.0. The van der Waals surface area contributed by atoms with Crippen molar-refractivity contribution in [3.05, 3.63) is 33.4 Å². The Balaban J connectivity index is 1.90. The van der Waals surface area contributed by atoms with Crippen LogP contribution in [0.4, 0.5) is 15.8 Å². The van der Waals surface area contributed by atoms with Crippen LogP contribution in [0.2, 0.25) is 0 Å². The fraction of sp³-hybridized carbons (Fsp3) is 0.500. The fourth-order valence-electron chi connectivity index (χ4n) is 5.02. The minimum Gasteiger partial charge on any atom is -0.396 e. The topological polar surface area (TPSA) is 123 Å². The zero-order valence-corrected chi connectivity index (χ0v) is 18.0. The van der Waals surface area contributed by atoms with Crippen LogP contribution in [0.25, 0.3) is 10.9 Å². The summed E-state index contributed by atoms with van der Waals surface area (Å²) in [6.45, 7) is 6.66. The molecule has 0 saturated carbocycles. The van der Waals surface area contributed by atoms with E-state index in [0.29, 0.717) is 37.1 Å². The number of benzene rings is 1. The number of amides is 2. The number of likely N-dealkylation sites (tertiary alicyclic amines) is 1. The van der Waals surface area contributed by atoms with Crippen molar-refractivity contribution in [1.82, 2.24) is 9.47 Å². The second-order valence-electron chi connectivity index (χ2n) is 9.16. The van der Waals surface area contributed by atoms with E-state index in [1.54, 1.807) is 11.0 Å². The Labute approximate surface area is 179 Å². The molecule has 0 bridgehead atoms. The molecule has 4 rings (SSSR count). The lowest BCUT2D eigenvalue weighted by Crippen LogP contribution is -2.44. The first-order valence-corrected chi connectivity index (χ1v) is 10.5. The molecule has 3 heterocycles. The lowest BCUT2D eigenvalue weighted by molar-refractivity contribution is -0.129. The lowest BCUT2D eigenvalue weighted by atomic mass is 10.0. The summed E-state index contributed by atoms with van der Waals surface area (Å²) in [5.41, 5.74) is 11.4. The predicted molar refractivity (Wildman–Crippen MR) is 118 cm³/mol. The van der Waals surface area contributed by atoms with Crippen LogP contribution in [-0.4, -0.2) is 40.4 Å². The Kier molecular flexibility index (Phi) is 4.94. The molecule has 166 valence electrons. The fourth-order valence-corrected chi connectivity index (χ4v) is 5.02. The van der Waals surface area contributed by atoms with E-state index in [1.165, 1.54) is 6.92 Å². The molecule has 2 amide bonds. The molecule has 0 aliphatic carbocycles. The number of pyridine rings is 1. The zero-order valence-electron chi connectivity index (χ0n) is 18.0. The number of carbonyl (C=O) groups is 2. The van der Waals surface area contributed by atoms with Gasteiger partial charge in [-0.05, 0) is 45.6 Å². The Hall–Kier alpha value is -3.10. The van der Waals surface area contributed by atoms with Crippen LogP contribution < -0.4 is 22.2 Å². The first kappa shape index (κ1) is 21.1. The summed E-state index contributed by atoms with van der Waals surface area (Å²) in [6, 6.07) is 1.46. The maximum Gasteiger partial charge on any atom is 0.254 e. The Morgan fingerprint density at radius 2 is 2.03 bits per heavy atom. The highest BCUT2D eigenvalue weighted by atomic mass is 19.1. The van der Waals surface area contributed by atoms with Crippen molar-refractivity contribution in [1.29, 1.82) is 0 Å². The van der Waals surface area contributed by atoms with Crippen molar-refractivity contribution >= 4 is 34.1 Å². The summed E-state index contributed by atoms with van der Waals surface area (Å²) in [5.74, 6) is -1.59. The van der Waals surface area contributed by atoms with Crippen LogP contribution in [0.5, 0.6) is 0 Å². The van der Waals surface area contributed by atoms with Gasteiger partial charge < -0.3 is 26.3 Å². The number of anilines is 2. The van der Waals surface area contributed by atoms with Gasteiger partial charge in [0.1, 0.15) is 5.56 Å². The molecule has 8 nitrogen and oxygen atoms in total. The van der Waals surface area contributed by atoms with Gasteiger partial charge in [-0.25, -0.2) is 4.39 Å². The summed E-state index contributed by atoms with van der Waals surface area (Å²) in [7, 11) is 0. The summed E-state index contributed by atoms with van der Waals surface area (Å²) in [6.07, 6.45) is 2.83. The highest BCUT2D eigenvalue weighted by molar-refractivity contribution is 6.02. The van der Waals surface area contributed by atoms with Gasteiger partial charge in [-0.1, -0.05) is 0 Å². The van der Waals surface area contributed by atoms with Gasteiger partial charge >= 0.3 is 0 Å². The number of nitrogens with zero attached hydrogens (tertiary/aromatic N) is 2. The van der Waals surface area contributed by atoms with E-state index in [9.17, 15) is 14.4 Å². The third-order valence-corrected chi connectivity index (χ3v) is 6.58. The molecule has 2 aliphatic rings. The highest BCUT2D eigenvalue weighted by Crippen LogP contribution is 2.39. The standard InChI is InChI=1S/C22H28FN5O3/c1-11(29)27-8-4-5-12(10-27)26-13-9-15-16(19(24)18(13)23)20(30)17(21(25)31)14-6-7-22(2,3)28(14)15/h9,12,26H,4-8,10,24H2,1-3H3,(H2,25,31)/t12-/m0/s1. The monoisotopic (exact) mass is 429 g/mol. The van der Waals surface area contributed by atoms with Crippen LogP contribution in [-0.2, 0) is 16.8 Å². The second kappa shape index (κ2) is 7.25. The summed E-state index contributed by atoms with van der Waals surface area (Å²) in [5, 5.41) is 3.16. The molecule has 1 aromatic heterocycles. The van der Waals surface area contributed by atoms with Crippen LogP contribution in [0, 0.1) is 5.82 Å². The molecule has 0 spiro atoms. The largest absolute Gasteiger partial charge is 0.396 e. The first-order valence-electron chi connectivity index (χ1n) is 10.5. The van der Waals surface area contributed by atoms with E-state index in [4.69, 9.17) is 11.5 Å². The number of rotatable bonds is 3. The number of nitrogen functional groups attached to an aromatic ring is 1. The van der Waals surface area contributed by atoms with E-state index >= 15 is 4.39 Å². The molecule has 2 aromatic rings.